The van der Waals surface area contributed by atoms with Gasteiger partial charge in [-0.3, -0.25) is 0 Å². The monoisotopic (exact) mass is 292 g/mol. The fourth-order valence-electron chi connectivity index (χ4n) is 1.21. The average Bonchev–Trinajstić information content (AvgIpc) is 2.29. The largest absolute Gasteiger partial charge is 0.382 e. The summed E-state index contributed by atoms with van der Waals surface area (Å²) in [6.45, 7) is 1.02. The number of rotatable bonds is 5. The number of nitrogen functional groups attached to an aromatic ring is 1. The molecule has 0 fully saturated rings. The summed E-state index contributed by atoms with van der Waals surface area (Å²) in [6.07, 6.45) is 1.21. The van der Waals surface area contributed by atoms with Crippen LogP contribution in [0.15, 0.2) is 17.2 Å². The van der Waals surface area contributed by atoms with Crippen LogP contribution in [0.3, 0.4) is 0 Å². The van der Waals surface area contributed by atoms with Gasteiger partial charge in [0.2, 0.25) is 10.0 Å². The summed E-state index contributed by atoms with van der Waals surface area (Å²) in [5.74, 6) is 0.117. The van der Waals surface area contributed by atoms with E-state index in [-0.39, 0.29) is 15.7 Å². The van der Waals surface area contributed by atoms with Crippen LogP contribution in [0.1, 0.15) is 0 Å². The molecule has 0 bridgehead atoms. The van der Waals surface area contributed by atoms with E-state index in [0.29, 0.717) is 13.1 Å². The molecule has 1 rings (SSSR count). The molecule has 1 aromatic rings. The molecule has 2 N–H and O–H groups in total. The number of aromatic nitrogens is 1. The highest BCUT2D eigenvalue weighted by Crippen LogP contribution is 2.21. The third kappa shape index (κ3) is 3.55. The van der Waals surface area contributed by atoms with E-state index in [9.17, 15) is 8.42 Å². The molecule has 0 saturated carbocycles. The van der Waals surface area contributed by atoms with Gasteiger partial charge < -0.3 is 10.6 Å². The SMILES string of the molecule is CN(C)CCN(C)S(=O)(=O)c1cnc(N)c(Cl)c1. The highest BCUT2D eigenvalue weighted by atomic mass is 35.5. The zero-order valence-corrected chi connectivity index (χ0v) is 12.2. The Morgan fingerprint density at radius 1 is 1.33 bits per heavy atom. The number of likely N-dealkylation sites (N-methyl/N-ethyl adjacent to an activating group) is 2. The highest BCUT2D eigenvalue weighted by molar-refractivity contribution is 7.89. The molecule has 8 heteroatoms. The van der Waals surface area contributed by atoms with Crippen LogP contribution in [0.25, 0.3) is 0 Å². The smallest absolute Gasteiger partial charge is 0.244 e. The van der Waals surface area contributed by atoms with Gasteiger partial charge in [-0.25, -0.2) is 13.4 Å². The van der Waals surface area contributed by atoms with E-state index in [0.717, 1.165) is 0 Å². The van der Waals surface area contributed by atoms with Crippen molar-refractivity contribution in [2.24, 2.45) is 0 Å². The number of sulfonamides is 1. The van der Waals surface area contributed by atoms with Crippen molar-refractivity contribution in [2.45, 2.75) is 4.90 Å². The molecule has 0 atom stereocenters. The van der Waals surface area contributed by atoms with E-state index in [1.54, 1.807) is 0 Å². The molecule has 0 aliphatic carbocycles. The number of hydrogen-bond acceptors (Lipinski definition) is 5. The fourth-order valence-corrected chi connectivity index (χ4v) is 2.58. The number of nitrogens with two attached hydrogens (primary N) is 1. The normalized spacial score (nSPS) is 12.3. The number of hydrogen-bond donors (Lipinski definition) is 1. The van der Waals surface area contributed by atoms with E-state index in [1.807, 2.05) is 19.0 Å². The summed E-state index contributed by atoms with van der Waals surface area (Å²) in [5.41, 5.74) is 5.45. The Bertz CT molecular complexity index is 519. The van der Waals surface area contributed by atoms with E-state index < -0.39 is 10.0 Å². The van der Waals surface area contributed by atoms with Crippen LogP contribution in [-0.2, 0) is 10.0 Å². The van der Waals surface area contributed by atoms with Crippen molar-refractivity contribution in [3.63, 3.8) is 0 Å². The van der Waals surface area contributed by atoms with Crippen molar-refractivity contribution in [3.05, 3.63) is 17.3 Å². The van der Waals surface area contributed by atoms with Gasteiger partial charge in [0.25, 0.3) is 0 Å². The molecule has 0 unspecified atom stereocenters. The quantitative estimate of drug-likeness (QED) is 0.855. The molecule has 0 aliphatic rings. The van der Waals surface area contributed by atoms with E-state index in [2.05, 4.69) is 4.98 Å². The van der Waals surface area contributed by atoms with Crippen molar-refractivity contribution < 1.29 is 8.42 Å². The lowest BCUT2D eigenvalue weighted by Gasteiger charge is -2.19. The number of pyridine rings is 1. The second kappa shape index (κ2) is 5.83. The van der Waals surface area contributed by atoms with E-state index in [1.165, 1.54) is 23.6 Å². The predicted molar refractivity (Wildman–Crippen MR) is 72.0 cm³/mol. The first-order valence-corrected chi connectivity index (χ1v) is 7.09. The Labute approximate surface area is 112 Å². The van der Waals surface area contributed by atoms with Crippen molar-refractivity contribution in [1.29, 1.82) is 0 Å². The Morgan fingerprint density at radius 2 is 1.94 bits per heavy atom. The van der Waals surface area contributed by atoms with E-state index >= 15 is 0 Å². The predicted octanol–water partition coefficient (Wildman–Crippen LogP) is 0.499. The average molecular weight is 293 g/mol. The summed E-state index contributed by atoms with van der Waals surface area (Å²) < 4.78 is 25.6. The van der Waals surface area contributed by atoms with Crippen LogP contribution in [0, 0.1) is 0 Å². The molecular weight excluding hydrogens is 276 g/mol. The van der Waals surface area contributed by atoms with Crippen molar-refractivity contribution in [1.82, 2.24) is 14.2 Å². The molecule has 18 heavy (non-hydrogen) atoms. The lowest BCUT2D eigenvalue weighted by Crippen LogP contribution is -2.33. The maximum absolute atomic E-state index is 12.2. The summed E-state index contributed by atoms with van der Waals surface area (Å²) >= 11 is 5.77. The number of anilines is 1. The molecule has 0 aliphatic heterocycles. The Balaban J connectivity index is 2.95. The third-order valence-electron chi connectivity index (χ3n) is 2.41. The summed E-state index contributed by atoms with van der Waals surface area (Å²) in [4.78, 5) is 5.70. The minimum atomic E-state index is -3.57. The summed E-state index contributed by atoms with van der Waals surface area (Å²) in [6, 6.07) is 1.31. The van der Waals surface area contributed by atoms with Crippen LogP contribution in [0.2, 0.25) is 5.02 Å². The molecule has 0 radical (unpaired) electrons. The minimum Gasteiger partial charge on any atom is -0.382 e. The molecule has 0 spiro atoms. The minimum absolute atomic E-state index is 0.0444. The third-order valence-corrected chi connectivity index (χ3v) is 4.54. The molecule has 0 saturated heterocycles. The number of nitrogens with zero attached hydrogens (tertiary/aromatic N) is 3. The second-order valence-electron chi connectivity index (χ2n) is 4.17. The van der Waals surface area contributed by atoms with Gasteiger partial charge in [0.05, 0.1) is 5.02 Å². The van der Waals surface area contributed by atoms with Gasteiger partial charge in [0, 0.05) is 26.3 Å². The topological polar surface area (TPSA) is 79.5 Å². The Morgan fingerprint density at radius 3 is 2.44 bits per heavy atom. The molecule has 102 valence electrons. The molecular formula is C10H17ClN4O2S. The highest BCUT2D eigenvalue weighted by Gasteiger charge is 2.21. The molecule has 0 aromatic carbocycles. The van der Waals surface area contributed by atoms with Crippen LogP contribution in [-0.4, -0.2) is 56.8 Å². The van der Waals surface area contributed by atoms with Gasteiger partial charge in [0.1, 0.15) is 10.7 Å². The molecule has 1 aromatic heterocycles. The zero-order valence-electron chi connectivity index (χ0n) is 10.6. The zero-order chi connectivity index (χ0) is 13.9. The molecule has 1 heterocycles. The standard InChI is InChI=1S/C10H17ClN4O2S/c1-14(2)4-5-15(3)18(16,17)8-6-9(11)10(12)13-7-8/h6-7H,4-5H2,1-3H3,(H2,12,13). The van der Waals surface area contributed by atoms with Gasteiger partial charge >= 0.3 is 0 Å². The fraction of sp³-hybridized carbons (Fsp3) is 0.500. The lowest BCUT2D eigenvalue weighted by molar-refractivity contribution is 0.358. The first-order chi connectivity index (χ1) is 8.25. The van der Waals surface area contributed by atoms with Crippen LogP contribution < -0.4 is 5.73 Å². The second-order valence-corrected chi connectivity index (χ2v) is 6.62. The first-order valence-electron chi connectivity index (χ1n) is 5.27. The maximum atomic E-state index is 12.2. The summed E-state index contributed by atoms with van der Waals surface area (Å²) in [5, 5.41) is 0.136. The van der Waals surface area contributed by atoms with Gasteiger partial charge in [-0.15, -0.1) is 0 Å². The van der Waals surface area contributed by atoms with Gasteiger partial charge in [-0.05, 0) is 20.2 Å². The van der Waals surface area contributed by atoms with Crippen LogP contribution in [0.4, 0.5) is 5.82 Å². The number of halogens is 1. The maximum Gasteiger partial charge on any atom is 0.244 e. The van der Waals surface area contributed by atoms with Crippen molar-refractivity contribution >= 4 is 27.4 Å². The van der Waals surface area contributed by atoms with Gasteiger partial charge in [-0.1, -0.05) is 11.6 Å². The van der Waals surface area contributed by atoms with Crippen molar-refractivity contribution in [3.8, 4) is 0 Å². The summed E-state index contributed by atoms with van der Waals surface area (Å²) in [7, 11) is 1.70. The molecule has 0 amide bonds. The lowest BCUT2D eigenvalue weighted by atomic mass is 10.5. The Kier molecular flexibility index (Phi) is 4.92. The van der Waals surface area contributed by atoms with Gasteiger partial charge in [0.15, 0.2) is 0 Å². The first kappa shape index (κ1) is 15.2. The van der Waals surface area contributed by atoms with Gasteiger partial charge in [-0.2, -0.15) is 4.31 Å². The molecule has 6 nitrogen and oxygen atoms in total. The Hall–Kier alpha value is -0.890. The van der Waals surface area contributed by atoms with Crippen molar-refractivity contribution in [2.75, 3.05) is 40.0 Å². The van der Waals surface area contributed by atoms with Crippen LogP contribution >= 0.6 is 11.6 Å². The van der Waals surface area contributed by atoms with Crippen LogP contribution in [0.5, 0.6) is 0 Å². The van der Waals surface area contributed by atoms with E-state index in [4.69, 9.17) is 17.3 Å².